The lowest BCUT2D eigenvalue weighted by Crippen LogP contribution is -1.91. The number of thioether (sulfide) groups is 1. The van der Waals surface area contributed by atoms with Crippen LogP contribution in [0.3, 0.4) is 0 Å². The number of hydrogen-bond donors (Lipinski definition) is 0. The Morgan fingerprint density at radius 2 is 1.79 bits per heavy atom. The quantitative estimate of drug-likeness (QED) is 0.465. The van der Waals surface area contributed by atoms with Crippen LogP contribution in [0.4, 0.5) is 0 Å². The Balaban J connectivity index is 1.66. The molecule has 2 aromatic heterocycles. The molecule has 0 amide bonds. The minimum Gasteiger partial charge on any atom is -0.246 e. The zero-order chi connectivity index (χ0) is 16.4. The van der Waals surface area contributed by atoms with Crippen LogP contribution in [-0.4, -0.2) is 14.6 Å². The molecular formula is C19H14ClN3S. The second-order valence-corrected chi connectivity index (χ2v) is 6.77. The molecule has 0 atom stereocenters. The molecule has 5 heteroatoms. The summed E-state index contributed by atoms with van der Waals surface area (Å²) >= 11 is 7.68. The molecule has 0 aliphatic carbocycles. The Labute approximate surface area is 149 Å². The van der Waals surface area contributed by atoms with Gasteiger partial charge in [0.25, 0.3) is 0 Å². The first kappa shape index (κ1) is 15.2. The third-order valence-corrected chi connectivity index (χ3v) is 5.03. The highest BCUT2D eigenvalue weighted by atomic mass is 35.5. The van der Waals surface area contributed by atoms with Crippen LogP contribution in [0.25, 0.3) is 16.8 Å². The molecule has 0 saturated heterocycles. The summed E-state index contributed by atoms with van der Waals surface area (Å²) in [7, 11) is 0. The lowest BCUT2D eigenvalue weighted by atomic mass is 10.1. The summed E-state index contributed by atoms with van der Waals surface area (Å²) in [5.74, 6) is 0.884. The Morgan fingerprint density at radius 3 is 2.58 bits per heavy atom. The van der Waals surface area contributed by atoms with E-state index in [-0.39, 0.29) is 0 Å². The van der Waals surface area contributed by atoms with E-state index in [1.54, 1.807) is 18.0 Å². The Morgan fingerprint density at radius 1 is 1.00 bits per heavy atom. The molecule has 0 aliphatic heterocycles. The molecule has 24 heavy (non-hydrogen) atoms. The maximum absolute atomic E-state index is 5.96. The summed E-state index contributed by atoms with van der Waals surface area (Å²) in [4.78, 5) is 4.52. The van der Waals surface area contributed by atoms with Crippen molar-refractivity contribution < 1.29 is 0 Å². The second-order valence-electron chi connectivity index (χ2n) is 5.37. The molecule has 4 aromatic rings. The van der Waals surface area contributed by atoms with E-state index >= 15 is 0 Å². The molecule has 0 radical (unpaired) electrons. The molecule has 0 bridgehead atoms. The van der Waals surface area contributed by atoms with Gasteiger partial charge in [-0.25, -0.2) is 9.50 Å². The molecule has 2 aromatic carbocycles. The van der Waals surface area contributed by atoms with Crippen LogP contribution in [0.2, 0.25) is 5.02 Å². The lowest BCUT2D eigenvalue weighted by molar-refractivity contribution is 0.920. The highest BCUT2D eigenvalue weighted by Crippen LogP contribution is 2.28. The minimum atomic E-state index is 0.725. The molecule has 0 unspecified atom stereocenters. The van der Waals surface area contributed by atoms with Gasteiger partial charge in [0.1, 0.15) is 5.03 Å². The molecule has 0 N–H and O–H groups in total. The van der Waals surface area contributed by atoms with E-state index in [2.05, 4.69) is 40.4 Å². The number of aromatic nitrogens is 3. The van der Waals surface area contributed by atoms with Gasteiger partial charge in [0.2, 0.25) is 0 Å². The van der Waals surface area contributed by atoms with Gasteiger partial charge in [-0.05, 0) is 23.8 Å². The Bertz CT molecular complexity index is 965. The normalized spacial score (nSPS) is 11.0. The first-order valence-corrected chi connectivity index (χ1v) is 8.93. The first-order chi connectivity index (χ1) is 11.8. The maximum Gasteiger partial charge on any atom is 0.122 e. The number of hydrogen-bond acceptors (Lipinski definition) is 3. The predicted molar refractivity (Wildman–Crippen MR) is 99.4 cm³/mol. The van der Waals surface area contributed by atoms with Gasteiger partial charge in [0, 0.05) is 28.7 Å². The molecule has 0 saturated carbocycles. The third-order valence-electron chi connectivity index (χ3n) is 3.71. The molecular weight excluding hydrogens is 338 g/mol. The van der Waals surface area contributed by atoms with E-state index in [4.69, 9.17) is 11.6 Å². The molecule has 0 spiro atoms. The standard InChI is InChI=1S/C19H14ClN3S/c20-16-8-6-15(7-9-16)17-12-18-19(21-10-11-23(18)22-17)24-13-14-4-2-1-3-5-14/h1-12H,13H2. The monoisotopic (exact) mass is 351 g/mol. The van der Waals surface area contributed by atoms with Crippen molar-refractivity contribution in [2.24, 2.45) is 0 Å². The largest absolute Gasteiger partial charge is 0.246 e. The van der Waals surface area contributed by atoms with E-state index in [1.165, 1.54) is 5.56 Å². The summed E-state index contributed by atoms with van der Waals surface area (Å²) in [6.45, 7) is 0. The van der Waals surface area contributed by atoms with Gasteiger partial charge in [-0.1, -0.05) is 65.8 Å². The van der Waals surface area contributed by atoms with Gasteiger partial charge in [-0.2, -0.15) is 5.10 Å². The van der Waals surface area contributed by atoms with Crippen molar-refractivity contribution in [3.8, 4) is 11.3 Å². The van der Waals surface area contributed by atoms with Crippen LogP contribution < -0.4 is 0 Å². The zero-order valence-corrected chi connectivity index (χ0v) is 14.3. The minimum absolute atomic E-state index is 0.725. The number of halogens is 1. The summed E-state index contributed by atoms with van der Waals surface area (Å²) < 4.78 is 1.88. The zero-order valence-electron chi connectivity index (χ0n) is 12.8. The van der Waals surface area contributed by atoms with Crippen LogP contribution in [0.15, 0.2) is 78.1 Å². The average Bonchev–Trinajstić information content (AvgIpc) is 3.06. The highest BCUT2D eigenvalue weighted by Gasteiger charge is 2.09. The number of rotatable bonds is 4. The fourth-order valence-electron chi connectivity index (χ4n) is 2.50. The Kier molecular flexibility index (Phi) is 4.24. The van der Waals surface area contributed by atoms with Gasteiger partial charge in [0.15, 0.2) is 0 Å². The van der Waals surface area contributed by atoms with Crippen LogP contribution in [0, 0.1) is 0 Å². The summed E-state index contributed by atoms with van der Waals surface area (Å²) in [5.41, 5.74) is 4.26. The van der Waals surface area contributed by atoms with Crippen molar-refractivity contribution in [3.63, 3.8) is 0 Å². The SMILES string of the molecule is Clc1ccc(-c2cc3c(SCc4ccccc4)nccn3n2)cc1. The van der Waals surface area contributed by atoms with Crippen molar-refractivity contribution in [1.82, 2.24) is 14.6 Å². The van der Waals surface area contributed by atoms with Gasteiger partial charge in [0.05, 0.1) is 11.2 Å². The first-order valence-electron chi connectivity index (χ1n) is 7.57. The van der Waals surface area contributed by atoms with Crippen molar-refractivity contribution in [3.05, 3.63) is 83.6 Å². The van der Waals surface area contributed by atoms with Crippen molar-refractivity contribution >= 4 is 28.9 Å². The molecule has 0 fully saturated rings. The second kappa shape index (κ2) is 6.67. The molecule has 0 aliphatic rings. The molecule has 2 heterocycles. The van der Waals surface area contributed by atoms with E-state index in [0.717, 1.165) is 32.6 Å². The molecule has 118 valence electrons. The highest BCUT2D eigenvalue weighted by molar-refractivity contribution is 7.98. The van der Waals surface area contributed by atoms with Crippen molar-refractivity contribution in [2.75, 3.05) is 0 Å². The van der Waals surface area contributed by atoms with Gasteiger partial charge in [-0.3, -0.25) is 0 Å². The van der Waals surface area contributed by atoms with Crippen LogP contribution >= 0.6 is 23.4 Å². The number of fused-ring (bicyclic) bond motifs is 1. The third kappa shape index (κ3) is 3.16. The fourth-order valence-corrected chi connectivity index (χ4v) is 3.55. The molecule has 3 nitrogen and oxygen atoms in total. The number of benzene rings is 2. The average molecular weight is 352 g/mol. The lowest BCUT2D eigenvalue weighted by Gasteiger charge is -2.02. The smallest absolute Gasteiger partial charge is 0.122 e. The van der Waals surface area contributed by atoms with E-state index in [0.29, 0.717) is 0 Å². The van der Waals surface area contributed by atoms with Crippen LogP contribution in [-0.2, 0) is 5.75 Å². The van der Waals surface area contributed by atoms with Gasteiger partial charge < -0.3 is 0 Å². The summed E-state index contributed by atoms with van der Waals surface area (Å²) in [5, 5.41) is 6.35. The Hall–Kier alpha value is -2.30. The van der Waals surface area contributed by atoms with Crippen LogP contribution in [0.1, 0.15) is 5.56 Å². The molecule has 4 rings (SSSR count). The van der Waals surface area contributed by atoms with Crippen molar-refractivity contribution in [2.45, 2.75) is 10.8 Å². The predicted octanol–water partition coefficient (Wildman–Crippen LogP) is 5.34. The van der Waals surface area contributed by atoms with Crippen LogP contribution in [0.5, 0.6) is 0 Å². The summed E-state index contributed by atoms with van der Waals surface area (Å²) in [6, 6.07) is 20.2. The van der Waals surface area contributed by atoms with Crippen molar-refractivity contribution in [1.29, 1.82) is 0 Å². The van der Waals surface area contributed by atoms with E-state index in [1.807, 2.05) is 41.0 Å². The topological polar surface area (TPSA) is 30.2 Å². The fraction of sp³-hybridized carbons (Fsp3) is 0.0526. The number of nitrogens with zero attached hydrogens (tertiary/aromatic N) is 3. The van der Waals surface area contributed by atoms with Gasteiger partial charge >= 0.3 is 0 Å². The maximum atomic E-state index is 5.96. The van der Waals surface area contributed by atoms with Gasteiger partial charge in [-0.15, -0.1) is 0 Å². The summed E-state index contributed by atoms with van der Waals surface area (Å²) in [6.07, 6.45) is 3.67. The van der Waals surface area contributed by atoms with E-state index < -0.39 is 0 Å². The van der Waals surface area contributed by atoms with E-state index in [9.17, 15) is 0 Å².